The summed E-state index contributed by atoms with van der Waals surface area (Å²) in [7, 11) is 0. The Kier molecular flexibility index (Phi) is 5.48. The molecule has 8 heteroatoms. The number of hydrogen-bond donors (Lipinski definition) is 2. The van der Waals surface area contributed by atoms with E-state index in [-0.39, 0.29) is 11.3 Å². The molecule has 1 aromatic carbocycles. The Bertz CT molecular complexity index is 1170. The molecule has 1 unspecified atom stereocenters. The van der Waals surface area contributed by atoms with Gasteiger partial charge in [0.25, 0.3) is 11.5 Å². The molecule has 29 heavy (non-hydrogen) atoms. The van der Waals surface area contributed by atoms with Gasteiger partial charge in [0.2, 0.25) is 0 Å². The monoisotopic (exact) mass is 475 g/mol. The van der Waals surface area contributed by atoms with Crippen molar-refractivity contribution in [1.29, 1.82) is 0 Å². The number of hydrogen-bond acceptors (Lipinski definition) is 5. The van der Waals surface area contributed by atoms with Crippen molar-refractivity contribution in [3.8, 4) is 5.75 Å². The van der Waals surface area contributed by atoms with Gasteiger partial charge in [0, 0.05) is 22.3 Å². The van der Waals surface area contributed by atoms with Crippen molar-refractivity contribution in [1.82, 2.24) is 9.55 Å². The van der Waals surface area contributed by atoms with Gasteiger partial charge in [0.05, 0.1) is 10.2 Å². The lowest BCUT2D eigenvalue weighted by molar-refractivity contribution is 0.102. The molecular weight excluding hydrogens is 454 g/mol. The number of carbonyl (C=O) groups excluding carboxylic acids is 1. The number of carbonyl (C=O) groups is 1. The quantitative estimate of drug-likeness (QED) is 0.571. The number of nitrogens with zero attached hydrogens (tertiary/aromatic N) is 2. The number of rotatable bonds is 4. The van der Waals surface area contributed by atoms with E-state index in [4.69, 9.17) is 0 Å². The Balaban J connectivity index is 1.76. The molecule has 1 atom stereocenters. The van der Waals surface area contributed by atoms with E-state index < -0.39 is 11.5 Å². The normalized spacial score (nSPS) is 16.0. The van der Waals surface area contributed by atoms with Crippen LogP contribution in [0.2, 0.25) is 0 Å². The summed E-state index contributed by atoms with van der Waals surface area (Å²) in [5.41, 5.74) is 1.75. The molecule has 2 aromatic heterocycles. The van der Waals surface area contributed by atoms with Crippen LogP contribution in [0, 0.1) is 5.92 Å². The fourth-order valence-corrected chi connectivity index (χ4v) is 5.33. The highest BCUT2D eigenvalue weighted by Gasteiger charge is 2.29. The first-order valence-electron chi connectivity index (χ1n) is 9.74. The van der Waals surface area contributed by atoms with Gasteiger partial charge in [-0.05, 0) is 49.8 Å². The van der Waals surface area contributed by atoms with Crippen molar-refractivity contribution in [2.45, 2.75) is 46.1 Å². The molecule has 2 heterocycles. The SMILES string of the molecule is CCCn1c2c(c(O)c(C(=O)Nc3nc4ccc(Br)cc4s3)c1=O)CC(C)CC2. The number of pyridine rings is 1. The molecule has 152 valence electrons. The third-order valence-corrected chi connectivity index (χ3v) is 6.75. The first kappa shape index (κ1) is 20.1. The van der Waals surface area contributed by atoms with Crippen LogP contribution in [0.4, 0.5) is 5.13 Å². The first-order chi connectivity index (χ1) is 13.9. The van der Waals surface area contributed by atoms with Crippen molar-refractivity contribution in [2.24, 2.45) is 5.92 Å². The maximum Gasteiger partial charge on any atom is 0.267 e. The van der Waals surface area contributed by atoms with Crippen molar-refractivity contribution in [2.75, 3.05) is 5.32 Å². The second-order valence-corrected chi connectivity index (χ2v) is 9.49. The predicted molar refractivity (Wildman–Crippen MR) is 119 cm³/mol. The third-order valence-electron chi connectivity index (χ3n) is 5.33. The minimum absolute atomic E-state index is 0.176. The van der Waals surface area contributed by atoms with E-state index in [0.717, 1.165) is 45.2 Å². The van der Waals surface area contributed by atoms with Crippen LogP contribution in [-0.2, 0) is 19.4 Å². The van der Waals surface area contributed by atoms with Crippen LogP contribution in [0.3, 0.4) is 0 Å². The van der Waals surface area contributed by atoms with E-state index >= 15 is 0 Å². The van der Waals surface area contributed by atoms with Gasteiger partial charge in [-0.25, -0.2) is 4.98 Å². The summed E-state index contributed by atoms with van der Waals surface area (Å²) in [6.45, 7) is 4.65. The molecule has 1 aliphatic carbocycles. The van der Waals surface area contributed by atoms with Crippen LogP contribution < -0.4 is 10.9 Å². The lowest BCUT2D eigenvalue weighted by Crippen LogP contribution is -2.34. The van der Waals surface area contributed by atoms with E-state index in [1.807, 2.05) is 25.1 Å². The van der Waals surface area contributed by atoms with Crippen molar-refractivity contribution < 1.29 is 9.90 Å². The maximum atomic E-state index is 13.1. The number of thiazole rings is 1. The molecule has 0 bridgehead atoms. The molecule has 4 rings (SSSR count). The lowest BCUT2D eigenvalue weighted by atomic mass is 9.86. The highest BCUT2D eigenvalue weighted by molar-refractivity contribution is 9.10. The molecule has 2 N–H and O–H groups in total. The molecule has 0 spiro atoms. The van der Waals surface area contributed by atoms with Crippen LogP contribution in [0.1, 0.15) is 48.3 Å². The standard InChI is InChI=1S/C21H22BrN3O3S/c1-3-8-25-15-7-4-11(2)9-13(15)18(26)17(20(25)28)19(27)24-21-23-14-6-5-12(22)10-16(14)29-21/h5-6,10-11,26H,3-4,7-9H2,1-2H3,(H,23,24,27). The average molecular weight is 476 g/mol. The third kappa shape index (κ3) is 3.71. The number of amides is 1. The van der Waals surface area contributed by atoms with Crippen LogP contribution in [0.15, 0.2) is 27.5 Å². The maximum absolute atomic E-state index is 13.1. The van der Waals surface area contributed by atoms with Crippen LogP contribution >= 0.6 is 27.3 Å². The smallest absolute Gasteiger partial charge is 0.267 e. The number of halogens is 1. The van der Waals surface area contributed by atoms with Crippen LogP contribution in [-0.4, -0.2) is 20.6 Å². The molecule has 0 saturated heterocycles. The fourth-order valence-electron chi connectivity index (χ4n) is 3.92. The molecular formula is C21H22BrN3O3S. The van der Waals surface area contributed by atoms with E-state index in [9.17, 15) is 14.7 Å². The van der Waals surface area contributed by atoms with E-state index in [0.29, 0.717) is 24.0 Å². The van der Waals surface area contributed by atoms with E-state index in [1.165, 1.54) is 11.3 Å². The number of aromatic nitrogens is 2. The zero-order chi connectivity index (χ0) is 20.7. The van der Waals surface area contributed by atoms with Gasteiger partial charge in [-0.3, -0.25) is 14.9 Å². The second-order valence-electron chi connectivity index (χ2n) is 7.54. The molecule has 0 radical (unpaired) electrons. The molecule has 0 aliphatic heterocycles. The lowest BCUT2D eigenvalue weighted by Gasteiger charge is -2.26. The molecule has 0 saturated carbocycles. The number of nitrogens with one attached hydrogen (secondary N) is 1. The van der Waals surface area contributed by atoms with Crippen molar-refractivity contribution in [3.63, 3.8) is 0 Å². The zero-order valence-corrected chi connectivity index (χ0v) is 18.7. The molecule has 1 aliphatic rings. The van der Waals surface area contributed by atoms with Gasteiger partial charge in [-0.1, -0.05) is 41.1 Å². The van der Waals surface area contributed by atoms with Crippen LogP contribution in [0.5, 0.6) is 5.75 Å². The fraction of sp³-hybridized carbons (Fsp3) is 0.381. The Hall–Kier alpha value is -2.19. The topological polar surface area (TPSA) is 84.2 Å². The summed E-state index contributed by atoms with van der Waals surface area (Å²) in [4.78, 5) is 30.5. The number of aromatic hydroxyl groups is 1. The Morgan fingerprint density at radius 1 is 1.45 bits per heavy atom. The molecule has 6 nitrogen and oxygen atoms in total. The van der Waals surface area contributed by atoms with E-state index in [1.54, 1.807) is 4.57 Å². The second kappa shape index (κ2) is 7.91. The number of anilines is 1. The summed E-state index contributed by atoms with van der Waals surface area (Å²) in [5, 5.41) is 14.0. The highest BCUT2D eigenvalue weighted by atomic mass is 79.9. The Labute approximate surface area is 180 Å². The van der Waals surface area contributed by atoms with Gasteiger partial charge in [-0.2, -0.15) is 0 Å². The number of fused-ring (bicyclic) bond motifs is 2. The van der Waals surface area contributed by atoms with Crippen molar-refractivity contribution in [3.05, 3.63) is 49.8 Å². The summed E-state index contributed by atoms with van der Waals surface area (Å²) >= 11 is 4.75. The average Bonchev–Trinajstić information content (AvgIpc) is 3.06. The summed E-state index contributed by atoms with van der Waals surface area (Å²) in [6.07, 6.45) is 3.16. The Morgan fingerprint density at radius 3 is 3.00 bits per heavy atom. The summed E-state index contributed by atoms with van der Waals surface area (Å²) in [5.74, 6) is -0.388. The van der Waals surface area contributed by atoms with Gasteiger partial charge < -0.3 is 9.67 Å². The Morgan fingerprint density at radius 2 is 2.24 bits per heavy atom. The van der Waals surface area contributed by atoms with Gasteiger partial charge in [0.1, 0.15) is 11.3 Å². The predicted octanol–water partition coefficient (Wildman–Crippen LogP) is 4.71. The zero-order valence-electron chi connectivity index (χ0n) is 16.3. The number of benzene rings is 1. The largest absolute Gasteiger partial charge is 0.507 e. The first-order valence-corrected chi connectivity index (χ1v) is 11.3. The summed E-state index contributed by atoms with van der Waals surface area (Å²) < 4.78 is 3.52. The minimum atomic E-state index is -0.614. The van der Waals surface area contributed by atoms with Crippen LogP contribution in [0.25, 0.3) is 10.2 Å². The summed E-state index contributed by atoms with van der Waals surface area (Å²) in [6, 6.07) is 5.67. The minimum Gasteiger partial charge on any atom is -0.507 e. The molecule has 3 aromatic rings. The van der Waals surface area contributed by atoms with Gasteiger partial charge in [-0.15, -0.1) is 0 Å². The van der Waals surface area contributed by atoms with E-state index in [2.05, 4.69) is 33.2 Å². The van der Waals surface area contributed by atoms with Gasteiger partial charge in [0.15, 0.2) is 5.13 Å². The van der Waals surface area contributed by atoms with Crippen molar-refractivity contribution >= 4 is 48.5 Å². The molecule has 1 amide bonds. The van der Waals surface area contributed by atoms with Gasteiger partial charge >= 0.3 is 0 Å². The molecule has 0 fully saturated rings. The highest BCUT2D eigenvalue weighted by Crippen LogP contribution is 2.34.